The lowest BCUT2D eigenvalue weighted by atomic mass is 9.51. The Morgan fingerprint density at radius 1 is 1.20 bits per heavy atom. The molecule has 0 aliphatic heterocycles. The summed E-state index contributed by atoms with van der Waals surface area (Å²) in [6.07, 6.45) is 8.21. The molecule has 5 atom stereocenters. The van der Waals surface area contributed by atoms with Crippen molar-refractivity contribution in [1.82, 2.24) is 0 Å². The average Bonchev–Trinajstić information content (AvgIpc) is 2.92. The van der Waals surface area contributed by atoms with Crippen LogP contribution in [0.5, 0.6) is 0 Å². The number of Topliss-reactive ketones (excluding diaryl/α,β-unsaturated/α-hetero) is 2. The van der Waals surface area contributed by atoms with Crippen LogP contribution in [0.2, 0.25) is 0 Å². The number of aliphatic hydroxyl groups is 2. The number of carbonyl (C=O) groups is 2. The molecule has 4 nitrogen and oxygen atoms in total. The molecule has 4 aliphatic carbocycles. The van der Waals surface area contributed by atoms with Crippen molar-refractivity contribution in [3.05, 3.63) is 34.8 Å². The second-order valence-electron chi connectivity index (χ2n) is 8.72. The highest BCUT2D eigenvalue weighted by atomic mass is 16.3. The Balaban J connectivity index is 1.80. The third kappa shape index (κ3) is 1.94. The molecule has 0 aromatic heterocycles. The van der Waals surface area contributed by atoms with E-state index >= 15 is 0 Å². The van der Waals surface area contributed by atoms with Gasteiger partial charge in [-0.3, -0.25) is 9.59 Å². The van der Waals surface area contributed by atoms with Gasteiger partial charge in [0.15, 0.2) is 5.76 Å². The van der Waals surface area contributed by atoms with E-state index in [1.54, 1.807) is 13.0 Å². The number of rotatable bonds is 1. The van der Waals surface area contributed by atoms with Gasteiger partial charge >= 0.3 is 0 Å². The summed E-state index contributed by atoms with van der Waals surface area (Å²) in [5, 5.41) is 19.9. The Morgan fingerprint density at radius 2 is 1.92 bits per heavy atom. The first-order valence-corrected chi connectivity index (χ1v) is 9.30. The lowest BCUT2D eigenvalue weighted by molar-refractivity contribution is -0.127. The van der Waals surface area contributed by atoms with Crippen molar-refractivity contribution >= 4 is 11.6 Å². The number of hydrogen-bond acceptors (Lipinski definition) is 4. The Bertz CT molecular complexity index is 771. The third-order valence-electron chi connectivity index (χ3n) is 7.71. The molecule has 4 aliphatic rings. The van der Waals surface area contributed by atoms with Crippen LogP contribution < -0.4 is 0 Å². The van der Waals surface area contributed by atoms with Gasteiger partial charge in [0.25, 0.3) is 0 Å². The maximum absolute atomic E-state index is 12.9. The number of carbonyl (C=O) groups excluding carboxylic acids is 2. The lowest BCUT2D eigenvalue weighted by Gasteiger charge is -2.52. The molecule has 0 heterocycles. The van der Waals surface area contributed by atoms with Crippen molar-refractivity contribution in [1.29, 1.82) is 0 Å². The predicted octanol–water partition coefficient (Wildman–Crippen LogP) is 4.19. The van der Waals surface area contributed by atoms with Gasteiger partial charge in [0, 0.05) is 5.92 Å². The standard InChI is InChI=1S/C21H26O4/c1-11(22)14-6-7-15-13-5-4-12-10-17(23)18(24)19(25)21(12,3)16(13)8-9-20(14,15)2/h8,10,13-15,23-24H,4-7,9H2,1-3H3/t13-,14+,15-,20+,21-/m0/s1. The summed E-state index contributed by atoms with van der Waals surface area (Å²) in [7, 11) is 0. The molecule has 0 spiro atoms. The number of allylic oxidation sites excluding steroid dienone is 5. The first-order chi connectivity index (χ1) is 11.7. The summed E-state index contributed by atoms with van der Waals surface area (Å²) in [5.41, 5.74) is 1.14. The predicted molar refractivity (Wildman–Crippen MR) is 93.9 cm³/mol. The fourth-order valence-corrected chi connectivity index (χ4v) is 6.34. The summed E-state index contributed by atoms with van der Waals surface area (Å²) in [4.78, 5) is 25.0. The minimum absolute atomic E-state index is 0.0185. The van der Waals surface area contributed by atoms with Crippen LogP contribution in [0, 0.1) is 28.6 Å². The minimum atomic E-state index is -0.838. The van der Waals surface area contributed by atoms with E-state index in [4.69, 9.17) is 0 Å². The molecule has 2 saturated carbocycles. The van der Waals surface area contributed by atoms with E-state index < -0.39 is 11.2 Å². The number of aliphatic hydroxyl groups excluding tert-OH is 2. The molecule has 2 N–H and O–H groups in total. The van der Waals surface area contributed by atoms with Crippen LogP contribution in [0.15, 0.2) is 34.8 Å². The van der Waals surface area contributed by atoms with Crippen LogP contribution in [0.1, 0.15) is 52.9 Å². The monoisotopic (exact) mass is 342 g/mol. The molecule has 25 heavy (non-hydrogen) atoms. The maximum Gasteiger partial charge on any atom is 0.214 e. The first-order valence-electron chi connectivity index (χ1n) is 9.30. The summed E-state index contributed by atoms with van der Waals surface area (Å²) < 4.78 is 0. The molecular weight excluding hydrogens is 316 g/mol. The van der Waals surface area contributed by atoms with Crippen molar-refractivity contribution in [2.75, 3.05) is 0 Å². The topological polar surface area (TPSA) is 74.6 Å². The molecule has 0 bridgehead atoms. The van der Waals surface area contributed by atoms with Crippen molar-refractivity contribution in [3.63, 3.8) is 0 Å². The molecule has 4 rings (SSSR count). The van der Waals surface area contributed by atoms with Gasteiger partial charge < -0.3 is 10.2 Å². The number of fused-ring (bicyclic) bond motifs is 5. The third-order valence-corrected chi connectivity index (χ3v) is 7.71. The smallest absolute Gasteiger partial charge is 0.214 e. The Hall–Kier alpha value is -1.84. The van der Waals surface area contributed by atoms with E-state index in [1.165, 1.54) is 0 Å². The molecule has 0 saturated heterocycles. The summed E-state index contributed by atoms with van der Waals surface area (Å²) in [6, 6.07) is 0. The van der Waals surface area contributed by atoms with E-state index in [-0.39, 0.29) is 34.6 Å². The average molecular weight is 342 g/mol. The van der Waals surface area contributed by atoms with Crippen molar-refractivity contribution < 1.29 is 19.8 Å². The van der Waals surface area contributed by atoms with Gasteiger partial charge in [0.2, 0.25) is 11.5 Å². The lowest BCUT2D eigenvalue weighted by Crippen LogP contribution is -2.48. The molecule has 0 radical (unpaired) electrons. The van der Waals surface area contributed by atoms with Crippen molar-refractivity contribution in [2.45, 2.75) is 52.9 Å². The van der Waals surface area contributed by atoms with Crippen LogP contribution in [0.3, 0.4) is 0 Å². The van der Waals surface area contributed by atoms with Crippen molar-refractivity contribution in [3.8, 4) is 0 Å². The van der Waals surface area contributed by atoms with E-state index in [1.807, 2.05) is 6.92 Å². The van der Waals surface area contributed by atoms with Gasteiger partial charge in [-0.25, -0.2) is 0 Å². The molecule has 4 heteroatoms. The molecular formula is C21H26O4. The highest BCUT2D eigenvalue weighted by molar-refractivity contribution is 6.04. The highest BCUT2D eigenvalue weighted by Crippen LogP contribution is 2.64. The van der Waals surface area contributed by atoms with E-state index in [9.17, 15) is 19.8 Å². The van der Waals surface area contributed by atoms with E-state index in [2.05, 4.69) is 13.0 Å². The van der Waals surface area contributed by atoms with Crippen LogP contribution in [0.25, 0.3) is 0 Å². The van der Waals surface area contributed by atoms with Crippen LogP contribution >= 0.6 is 0 Å². The molecule has 0 aromatic rings. The Morgan fingerprint density at radius 3 is 2.60 bits per heavy atom. The normalized spacial score (nSPS) is 43.0. The Labute approximate surface area is 148 Å². The molecule has 134 valence electrons. The van der Waals surface area contributed by atoms with E-state index in [0.29, 0.717) is 5.92 Å². The fraction of sp³-hybridized carbons (Fsp3) is 0.619. The van der Waals surface area contributed by atoms with E-state index in [0.717, 1.165) is 43.3 Å². The quantitative estimate of drug-likeness (QED) is 0.701. The number of hydrogen-bond donors (Lipinski definition) is 2. The van der Waals surface area contributed by atoms with Gasteiger partial charge in [-0.05, 0) is 74.9 Å². The Kier molecular flexibility index (Phi) is 3.38. The fourth-order valence-electron chi connectivity index (χ4n) is 6.34. The molecule has 0 unspecified atom stereocenters. The van der Waals surface area contributed by atoms with Crippen LogP contribution in [-0.2, 0) is 9.59 Å². The summed E-state index contributed by atoms with van der Waals surface area (Å²) in [5.74, 6) is -0.133. The van der Waals surface area contributed by atoms with Crippen LogP contribution in [-0.4, -0.2) is 21.8 Å². The van der Waals surface area contributed by atoms with Gasteiger partial charge in [0.1, 0.15) is 5.78 Å². The maximum atomic E-state index is 12.9. The number of ketones is 2. The largest absolute Gasteiger partial charge is 0.504 e. The van der Waals surface area contributed by atoms with Crippen LogP contribution in [0.4, 0.5) is 0 Å². The zero-order valence-electron chi connectivity index (χ0n) is 15.1. The van der Waals surface area contributed by atoms with Gasteiger partial charge in [-0.15, -0.1) is 0 Å². The van der Waals surface area contributed by atoms with Gasteiger partial charge in [-0.2, -0.15) is 0 Å². The zero-order chi connectivity index (χ0) is 18.1. The molecule has 0 aromatic carbocycles. The summed E-state index contributed by atoms with van der Waals surface area (Å²) >= 11 is 0. The van der Waals surface area contributed by atoms with Crippen molar-refractivity contribution in [2.24, 2.45) is 28.6 Å². The summed E-state index contributed by atoms with van der Waals surface area (Å²) in [6.45, 7) is 5.84. The van der Waals surface area contributed by atoms with Gasteiger partial charge in [-0.1, -0.05) is 18.6 Å². The minimum Gasteiger partial charge on any atom is -0.504 e. The van der Waals surface area contributed by atoms with Gasteiger partial charge in [0.05, 0.1) is 5.41 Å². The second kappa shape index (κ2) is 5.09. The SMILES string of the molecule is CC(=O)[C@H]1CC[C@H]2[C@@H]3CCC4=CC(O)=C(O)C(=O)[C@]4(C)C3=CC[C@]12C. The zero-order valence-corrected chi connectivity index (χ0v) is 15.1. The highest BCUT2D eigenvalue weighted by Gasteiger charge is 2.59. The first kappa shape index (κ1) is 16.6. The second-order valence-corrected chi connectivity index (χ2v) is 8.72. The molecule has 2 fully saturated rings. The molecule has 0 amide bonds.